The molecule has 0 atom stereocenters. The summed E-state index contributed by atoms with van der Waals surface area (Å²) in [7, 11) is -2.09. The van der Waals surface area contributed by atoms with Crippen LogP contribution in [0.2, 0.25) is 0 Å². The molecule has 0 aromatic rings. The molecule has 0 heterocycles. The lowest BCUT2D eigenvalue weighted by molar-refractivity contribution is 0.260. The lowest BCUT2D eigenvalue weighted by Gasteiger charge is -2.01. The Morgan fingerprint density at radius 2 is 0.794 bits per heavy atom. The van der Waals surface area contributed by atoms with Crippen molar-refractivity contribution >= 4 is 8.25 Å². The van der Waals surface area contributed by atoms with Gasteiger partial charge < -0.3 is 0 Å². The molecule has 0 amide bonds. The first-order chi connectivity index (χ1) is 16.1. The molecular weight excluding hydrogens is 439 g/mol. The zero-order valence-corrected chi connectivity index (χ0v) is 24.1. The van der Waals surface area contributed by atoms with E-state index in [4.69, 9.17) is 9.05 Å². The maximum atomic E-state index is 11.9. The molecule has 0 fully saturated rings. The van der Waals surface area contributed by atoms with Gasteiger partial charge in [-0.3, -0.25) is 0 Å². The quantitative estimate of drug-likeness (QED) is 0.142. The van der Waals surface area contributed by atoms with E-state index in [1.165, 1.54) is 33.4 Å². The van der Waals surface area contributed by atoms with Crippen molar-refractivity contribution in [3.05, 3.63) is 69.9 Å². The lowest BCUT2D eigenvalue weighted by atomic mass is 10.1. The second-order valence-electron chi connectivity index (χ2n) is 9.73. The van der Waals surface area contributed by atoms with E-state index in [9.17, 15) is 4.57 Å². The molecule has 0 radical (unpaired) electrons. The van der Waals surface area contributed by atoms with E-state index in [0.29, 0.717) is 13.2 Å². The number of allylic oxidation sites excluding steroid dienone is 10. The Kier molecular flexibility index (Phi) is 19.9. The summed E-state index contributed by atoms with van der Waals surface area (Å²) in [4.78, 5) is 0. The van der Waals surface area contributed by atoms with E-state index in [0.717, 1.165) is 51.4 Å². The summed E-state index contributed by atoms with van der Waals surface area (Å²) in [5.74, 6) is 0. The van der Waals surface area contributed by atoms with E-state index in [2.05, 4.69) is 79.7 Å². The highest BCUT2D eigenvalue weighted by Crippen LogP contribution is 2.24. The van der Waals surface area contributed by atoms with Crippen LogP contribution < -0.4 is 0 Å². The molecule has 0 N–H and O–H groups in total. The summed E-state index contributed by atoms with van der Waals surface area (Å²) in [6.45, 7) is 17.8. The Bertz CT molecular complexity index is 707. The third-order valence-corrected chi connectivity index (χ3v) is 6.19. The molecule has 0 aromatic carbocycles. The molecule has 0 saturated heterocycles. The van der Waals surface area contributed by atoms with Crippen molar-refractivity contribution in [2.24, 2.45) is 0 Å². The van der Waals surface area contributed by atoms with Gasteiger partial charge in [-0.1, -0.05) is 69.9 Å². The zero-order chi connectivity index (χ0) is 25.8. The highest BCUT2D eigenvalue weighted by Gasteiger charge is 2.18. The summed E-state index contributed by atoms with van der Waals surface area (Å²) in [5.41, 5.74) is 8.13. The minimum atomic E-state index is -2.09. The van der Waals surface area contributed by atoms with Gasteiger partial charge in [0.25, 0.3) is 0 Å². The maximum Gasteiger partial charge on any atom is 0.698 e. The molecule has 0 aliphatic rings. The number of rotatable bonds is 18. The van der Waals surface area contributed by atoms with Gasteiger partial charge in [-0.25, -0.2) is 0 Å². The molecule has 0 aliphatic heterocycles. The van der Waals surface area contributed by atoms with Crippen molar-refractivity contribution in [3.63, 3.8) is 0 Å². The first-order valence-electron chi connectivity index (χ1n) is 12.7. The largest absolute Gasteiger partial charge is 0.698 e. The fourth-order valence-electron chi connectivity index (χ4n) is 3.20. The molecule has 0 bridgehead atoms. The molecule has 4 heteroatoms. The van der Waals surface area contributed by atoms with Crippen molar-refractivity contribution in [3.8, 4) is 0 Å². The minimum Gasteiger partial charge on any atom is -0.115 e. The van der Waals surface area contributed by atoms with Gasteiger partial charge in [-0.15, -0.1) is 9.05 Å². The summed E-state index contributed by atoms with van der Waals surface area (Å²) in [6, 6.07) is 0. The van der Waals surface area contributed by atoms with Gasteiger partial charge in [-0.05, 0) is 107 Å². The van der Waals surface area contributed by atoms with Crippen LogP contribution in [-0.2, 0) is 13.6 Å². The molecule has 0 unspecified atom stereocenters. The van der Waals surface area contributed by atoms with E-state index >= 15 is 0 Å². The lowest BCUT2D eigenvalue weighted by Crippen LogP contribution is -1.89. The predicted octanol–water partition coefficient (Wildman–Crippen LogP) is 10.5. The van der Waals surface area contributed by atoms with Gasteiger partial charge in [0.1, 0.15) is 13.2 Å². The van der Waals surface area contributed by atoms with Gasteiger partial charge in [0.2, 0.25) is 0 Å². The summed E-state index contributed by atoms with van der Waals surface area (Å²) in [5, 5.41) is 0. The van der Waals surface area contributed by atoms with Crippen LogP contribution in [0.15, 0.2) is 69.9 Å². The molecule has 3 nitrogen and oxygen atoms in total. The smallest absolute Gasteiger partial charge is 0.115 e. The predicted molar refractivity (Wildman–Crippen MR) is 150 cm³/mol. The molecule has 0 rings (SSSR count). The van der Waals surface area contributed by atoms with E-state index in [-0.39, 0.29) is 0 Å². The number of hydrogen-bond acceptors (Lipinski definition) is 3. The van der Waals surface area contributed by atoms with Gasteiger partial charge in [-0.2, -0.15) is 0 Å². The average molecular weight is 490 g/mol. The molecule has 0 aromatic heterocycles. The van der Waals surface area contributed by atoms with Crippen molar-refractivity contribution in [1.29, 1.82) is 0 Å². The zero-order valence-electron chi connectivity index (χ0n) is 23.2. The molecule has 0 saturated carbocycles. The van der Waals surface area contributed by atoms with Gasteiger partial charge in [0.15, 0.2) is 0 Å². The third kappa shape index (κ3) is 22.3. The summed E-state index contributed by atoms with van der Waals surface area (Å²) < 4.78 is 22.5. The SMILES string of the molecule is CC(C)=CCCC(C)=CCCC(C)=CCO[P+](=O)OCC=C(C)CCC=C(C)CCC=C(C)C. The standard InChI is InChI=1S/C30H50O3P/c1-25(2)13-9-15-27(5)17-11-19-29(7)21-23-32-34(31)33-24-22-30(8)20-12-18-28(6)16-10-14-26(3)4/h13-14,17-18,21-22H,9-12,15-16,19-20,23-24H2,1-8H3/q+1. The molecule has 0 spiro atoms. The van der Waals surface area contributed by atoms with Crippen LogP contribution in [-0.4, -0.2) is 13.2 Å². The maximum absolute atomic E-state index is 11.9. The van der Waals surface area contributed by atoms with Crippen LogP contribution in [0.3, 0.4) is 0 Å². The summed E-state index contributed by atoms with van der Waals surface area (Å²) in [6.07, 6.45) is 21.7. The van der Waals surface area contributed by atoms with Gasteiger partial charge >= 0.3 is 8.25 Å². The normalized spacial score (nSPS) is 13.7. The van der Waals surface area contributed by atoms with Crippen LogP contribution >= 0.6 is 8.25 Å². The Balaban J connectivity index is 4.05. The Morgan fingerprint density at radius 3 is 1.12 bits per heavy atom. The van der Waals surface area contributed by atoms with E-state index in [1.807, 2.05) is 12.2 Å². The fraction of sp³-hybridized carbons (Fsp3) is 0.600. The van der Waals surface area contributed by atoms with Crippen molar-refractivity contribution in [2.45, 2.75) is 107 Å². The van der Waals surface area contributed by atoms with Crippen LogP contribution in [0.1, 0.15) is 107 Å². The second-order valence-corrected chi connectivity index (χ2v) is 10.7. The van der Waals surface area contributed by atoms with Crippen molar-refractivity contribution in [1.82, 2.24) is 0 Å². The van der Waals surface area contributed by atoms with Crippen molar-refractivity contribution in [2.75, 3.05) is 13.2 Å². The molecule has 34 heavy (non-hydrogen) atoms. The monoisotopic (exact) mass is 489 g/mol. The minimum absolute atomic E-state index is 0.323. The first-order valence-corrected chi connectivity index (χ1v) is 13.8. The Hall–Kier alpha value is -1.54. The molecular formula is C30H50O3P+. The average Bonchev–Trinajstić information content (AvgIpc) is 2.73. The number of hydrogen-bond donors (Lipinski definition) is 0. The Labute approximate surface area is 211 Å². The topological polar surface area (TPSA) is 35.5 Å². The van der Waals surface area contributed by atoms with Crippen LogP contribution in [0.25, 0.3) is 0 Å². The Morgan fingerprint density at radius 1 is 0.500 bits per heavy atom. The van der Waals surface area contributed by atoms with Gasteiger partial charge in [0.05, 0.1) is 0 Å². The van der Waals surface area contributed by atoms with Gasteiger partial charge in [0, 0.05) is 4.57 Å². The van der Waals surface area contributed by atoms with Crippen LogP contribution in [0.4, 0.5) is 0 Å². The van der Waals surface area contributed by atoms with Crippen molar-refractivity contribution < 1.29 is 13.6 Å². The first kappa shape index (κ1) is 32.5. The van der Waals surface area contributed by atoms with E-state index in [1.54, 1.807) is 0 Å². The second kappa shape index (κ2) is 20.8. The van der Waals surface area contributed by atoms with Crippen LogP contribution in [0, 0.1) is 0 Å². The highest BCUT2D eigenvalue weighted by atomic mass is 31.1. The highest BCUT2D eigenvalue weighted by molar-refractivity contribution is 7.33. The fourth-order valence-corrected chi connectivity index (χ4v) is 3.66. The van der Waals surface area contributed by atoms with Crippen LogP contribution in [0.5, 0.6) is 0 Å². The van der Waals surface area contributed by atoms with E-state index < -0.39 is 8.25 Å². The molecule has 0 aliphatic carbocycles. The third-order valence-electron chi connectivity index (χ3n) is 5.47. The molecule has 192 valence electrons. The summed E-state index contributed by atoms with van der Waals surface area (Å²) >= 11 is 0.